The smallest absolute Gasteiger partial charge is 0.333 e. The van der Waals surface area contributed by atoms with Gasteiger partial charge in [-0.15, -0.1) is 0 Å². The van der Waals surface area contributed by atoms with Crippen LogP contribution in [0.3, 0.4) is 0 Å². The molecule has 2 amide bonds. The lowest BCUT2D eigenvalue weighted by atomic mass is 10.1. The lowest BCUT2D eigenvalue weighted by molar-refractivity contribution is -0.119. The molecule has 0 radical (unpaired) electrons. The maximum Gasteiger partial charge on any atom is 0.333 e. The fourth-order valence-electron chi connectivity index (χ4n) is 4.56. The largest absolute Gasteiger partial charge is 0.339 e. The third kappa shape index (κ3) is 4.73. The molecule has 1 aliphatic rings. The molecule has 0 spiro atoms. The normalized spacial score (nSPS) is 14.7. The van der Waals surface area contributed by atoms with Crippen LogP contribution in [0, 0.1) is 6.92 Å². The summed E-state index contributed by atoms with van der Waals surface area (Å²) in [6.45, 7) is 4.66. The zero-order valence-corrected chi connectivity index (χ0v) is 20.8. The van der Waals surface area contributed by atoms with Gasteiger partial charge in [0.25, 0.3) is 11.5 Å². The zero-order valence-electron chi connectivity index (χ0n) is 20.0. The first-order chi connectivity index (χ1) is 16.7. The minimum atomic E-state index is -1.09. The first-order valence-corrected chi connectivity index (χ1v) is 12.1. The van der Waals surface area contributed by atoms with E-state index in [4.69, 9.17) is 11.6 Å². The van der Waals surface area contributed by atoms with Crippen LogP contribution < -0.4 is 16.6 Å². The Morgan fingerprint density at radius 1 is 1.14 bits per heavy atom. The summed E-state index contributed by atoms with van der Waals surface area (Å²) in [5, 5.41) is 3.22. The van der Waals surface area contributed by atoms with E-state index in [1.165, 1.54) is 11.6 Å². The van der Waals surface area contributed by atoms with E-state index in [9.17, 15) is 19.2 Å². The molecule has 1 aromatic carbocycles. The van der Waals surface area contributed by atoms with Crippen LogP contribution in [-0.2, 0) is 11.8 Å². The summed E-state index contributed by atoms with van der Waals surface area (Å²) in [6.07, 6.45) is 3.04. The first kappa shape index (κ1) is 24.7. The summed E-state index contributed by atoms with van der Waals surface area (Å²) in [4.78, 5) is 59.8. The Bertz CT molecular complexity index is 1420. The van der Waals surface area contributed by atoms with Crippen LogP contribution in [0.25, 0.3) is 11.0 Å². The van der Waals surface area contributed by atoms with Gasteiger partial charge >= 0.3 is 5.69 Å². The zero-order chi connectivity index (χ0) is 25.3. The number of benzene rings is 1. The van der Waals surface area contributed by atoms with Crippen molar-refractivity contribution in [3.63, 3.8) is 0 Å². The number of halogens is 1. The Morgan fingerprint density at radius 2 is 1.86 bits per heavy atom. The number of hydrogen-bond acceptors (Lipinski definition) is 5. The fourth-order valence-corrected chi connectivity index (χ4v) is 4.75. The molecule has 0 unspecified atom stereocenters. The van der Waals surface area contributed by atoms with Gasteiger partial charge in [-0.1, -0.05) is 24.6 Å². The molecule has 1 saturated heterocycles. The van der Waals surface area contributed by atoms with Crippen molar-refractivity contribution in [3.05, 3.63) is 67.4 Å². The number of anilines is 1. The highest BCUT2D eigenvalue weighted by Crippen LogP contribution is 2.21. The third-order valence-corrected chi connectivity index (χ3v) is 6.57. The van der Waals surface area contributed by atoms with E-state index < -0.39 is 23.2 Å². The molecule has 0 saturated carbocycles. The van der Waals surface area contributed by atoms with Crippen LogP contribution in [-0.4, -0.2) is 43.9 Å². The Hall–Kier alpha value is -3.46. The molecule has 0 aliphatic carbocycles. The monoisotopic (exact) mass is 497 g/mol. The van der Waals surface area contributed by atoms with Crippen LogP contribution in [0.2, 0.25) is 5.02 Å². The number of fused-ring (bicyclic) bond motifs is 1. The highest BCUT2D eigenvalue weighted by Gasteiger charge is 2.29. The Labute approximate surface area is 207 Å². The number of amides is 2. The number of likely N-dealkylation sites (tertiary alicyclic amines) is 1. The number of hydrogen-bond donors (Lipinski definition) is 1. The minimum Gasteiger partial charge on any atom is -0.339 e. The van der Waals surface area contributed by atoms with E-state index >= 15 is 0 Å². The summed E-state index contributed by atoms with van der Waals surface area (Å²) in [5.41, 5.74) is -0.0784. The van der Waals surface area contributed by atoms with E-state index in [2.05, 4.69) is 10.3 Å². The Kier molecular flexibility index (Phi) is 7.07. The molecule has 0 bridgehead atoms. The second-order valence-corrected chi connectivity index (χ2v) is 9.24. The molecule has 1 aliphatic heterocycles. The van der Waals surface area contributed by atoms with E-state index in [-0.39, 0.29) is 28.9 Å². The van der Waals surface area contributed by atoms with Gasteiger partial charge in [-0.3, -0.25) is 19.0 Å². The number of nitrogens with one attached hydrogen (secondary N) is 1. The quantitative estimate of drug-likeness (QED) is 0.582. The highest BCUT2D eigenvalue weighted by atomic mass is 35.5. The van der Waals surface area contributed by atoms with Gasteiger partial charge in [-0.25, -0.2) is 14.3 Å². The topological polar surface area (TPSA) is 106 Å². The Morgan fingerprint density at radius 3 is 2.51 bits per heavy atom. The molecule has 9 nitrogen and oxygen atoms in total. The van der Waals surface area contributed by atoms with Crippen molar-refractivity contribution in [1.29, 1.82) is 0 Å². The molecule has 3 heterocycles. The average molecular weight is 498 g/mol. The van der Waals surface area contributed by atoms with Gasteiger partial charge in [0.15, 0.2) is 0 Å². The van der Waals surface area contributed by atoms with Gasteiger partial charge < -0.3 is 10.2 Å². The third-order valence-electron chi connectivity index (χ3n) is 6.34. The first-order valence-electron chi connectivity index (χ1n) is 11.7. The summed E-state index contributed by atoms with van der Waals surface area (Å²) < 4.78 is 2.15. The van der Waals surface area contributed by atoms with Gasteiger partial charge in [0.1, 0.15) is 11.7 Å². The molecule has 1 N–H and O–H groups in total. The van der Waals surface area contributed by atoms with Gasteiger partial charge in [0, 0.05) is 36.5 Å². The van der Waals surface area contributed by atoms with E-state index in [0.717, 1.165) is 23.8 Å². The predicted octanol–water partition coefficient (Wildman–Crippen LogP) is 3.27. The van der Waals surface area contributed by atoms with Gasteiger partial charge in [0.05, 0.1) is 10.9 Å². The van der Waals surface area contributed by atoms with Crippen LogP contribution in [0.1, 0.15) is 54.7 Å². The molecule has 4 rings (SSSR count). The molecule has 1 fully saturated rings. The van der Waals surface area contributed by atoms with E-state index in [1.54, 1.807) is 49.1 Å². The van der Waals surface area contributed by atoms with Gasteiger partial charge in [-0.2, -0.15) is 0 Å². The number of piperidine rings is 1. The molecule has 35 heavy (non-hydrogen) atoms. The van der Waals surface area contributed by atoms with Gasteiger partial charge in [0.2, 0.25) is 5.91 Å². The number of aromatic nitrogens is 3. The van der Waals surface area contributed by atoms with Crippen molar-refractivity contribution in [2.75, 3.05) is 18.4 Å². The number of aryl methyl sites for hydroxylation is 2. The van der Waals surface area contributed by atoms with Crippen LogP contribution in [0.4, 0.5) is 5.69 Å². The number of carbonyl (C=O) groups is 2. The SMILES string of the molecule is CC[C@H](C(=O)Nc1cccc(Cl)c1)n1c(=O)c2c(C(=O)N3CCCCC3)cc(C)nc2n(C)c1=O. The number of rotatable bonds is 5. The van der Waals surface area contributed by atoms with E-state index in [0.29, 0.717) is 29.5 Å². The van der Waals surface area contributed by atoms with Crippen molar-refractivity contribution in [2.45, 2.75) is 45.6 Å². The minimum absolute atomic E-state index is 0.0438. The second kappa shape index (κ2) is 10.0. The fraction of sp³-hybridized carbons (Fsp3) is 0.400. The summed E-state index contributed by atoms with van der Waals surface area (Å²) in [5.74, 6) is -0.795. The van der Waals surface area contributed by atoms with E-state index in [1.807, 2.05) is 0 Å². The van der Waals surface area contributed by atoms with Crippen molar-refractivity contribution in [1.82, 2.24) is 19.0 Å². The standard InChI is InChI=1S/C25H28ClN5O4/c1-4-19(22(32)28-17-10-8-9-16(26)14-17)31-24(34)20-18(23(33)30-11-6-5-7-12-30)13-15(2)27-21(20)29(3)25(31)35/h8-10,13-14,19H,4-7,11-12H2,1-3H3,(H,28,32)/t19-/m1/s1. The average Bonchev–Trinajstić information content (AvgIpc) is 2.84. The van der Waals surface area contributed by atoms with Crippen LogP contribution in [0.5, 0.6) is 0 Å². The van der Waals surface area contributed by atoms with Crippen molar-refractivity contribution in [3.8, 4) is 0 Å². The number of carbonyl (C=O) groups excluding carboxylic acids is 2. The molecule has 10 heteroatoms. The molecule has 3 aromatic rings. The maximum absolute atomic E-state index is 13.8. The van der Waals surface area contributed by atoms with Crippen molar-refractivity contribution < 1.29 is 9.59 Å². The predicted molar refractivity (Wildman–Crippen MR) is 135 cm³/mol. The number of nitrogens with zero attached hydrogens (tertiary/aromatic N) is 4. The number of pyridine rings is 1. The summed E-state index contributed by atoms with van der Waals surface area (Å²) in [6, 6.07) is 7.10. The van der Waals surface area contributed by atoms with Gasteiger partial charge in [-0.05, 0) is 56.9 Å². The van der Waals surface area contributed by atoms with Crippen molar-refractivity contribution >= 4 is 40.1 Å². The maximum atomic E-state index is 13.8. The van der Waals surface area contributed by atoms with Crippen LogP contribution >= 0.6 is 11.6 Å². The molecular weight excluding hydrogens is 470 g/mol. The highest BCUT2D eigenvalue weighted by molar-refractivity contribution is 6.30. The van der Waals surface area contributed by atoms with Crippen LogP contribution in [0.15, 0.2) is 39.9 Å². The second-order valence-electron chi connectivity index (χ2n) is 8.80. The lowest BCUT2D eigenvalue weighted by Crippen LogP contribution is -2.46. The summed E-state index contributed by atoms with van der Waals surface area (Å²) in [7, 11) is 1.49. The molecule has 2 aromatic heterocycles. The molecule has 184 valence electrons. The van der Waals surface area contributed by atoms with Crippen molar-refractivity contribution in [2.24, 2.45) is 7.05 Å². The molecular formula is C25H28ClN5O4. The summed E-state index contributed by atoms with van der Waals surface area (Å²) >= 11 is 6.02. The molecule has 1 atom stereocenters. The lowest BCUT2D eigenvalue weighted by Gasteiger charge is -2.27. The Balaban J connectivity index is 1.87.